The first-order chi connectivity index (χ1) is 12.5. The maximum atomic E-state index is 13.3. The SMILES string of the molecule is Cc1noc(C)c1CCC(=O)N1CCC[C@H](CCc2cccc(F)c2)C1. The van der Waals surface area contributed by atoms with E-state index in [0.29, 0.717) is 18.8 Å². The average Bonchev–Trinajstić information content (AvgIpc) is 2.96. The maximum absolute atomic E-state index is 13.3. The minimum absolute atomic E-state index is 0.178. The van der Waals surface area contributed by atoms with Crippen LogP contribution in [0.1, 0.15) is 48.3 Å². The van der Waals surface area contributed by atoms with Crippen molar-refractivity contribution in [2.75, 3.05) is 13.1 Å². The fourth-order valence-electron chi connectivity index (χ4n) is 3.84. The van der Waals surface area contributed by atoms with Gasteiger partial charge in [0.1, 0.15) is 11.6 Å². The molecule has 1 aromatic heterocycles. The Labute approximate surface area is 154 Å². The molecule has 1 fully saturated rings. The van der Waals surface area contributed by atoms with Crippen LogP contribution in [0.15, 0.2) is 28.8 Å². The number of halogens is 1. The van der Waals surface area contributed by atoms with E-state index in [-0.39, 0.29) is 11.7 Å². The number of aryl methyl sites for hydroxylation is 3. The Balaban J connectivity index is 1.48. The van der Waals surface area contributed by atoms with E-state index in [1.54, 1.807) is 12.1 Å². The topological polar surface area (TPSA) is 46.3 Å². The summed E-state index contributed by atoms with van der Waals surface area (Å²) in [6.07, 6.45) is 5.23. The summed E-state index contributed by atoms with van der Waals surface area (Å²) in [6.45, 7) is 5.47. The number of nitrogens with zero attached hydrogens (tertiary/aromatic N) is 2. The van der Waals surface area contributed by atoms with E-state index < -0.39 is 0 Å². The zero-order chi connectivity index (χ0) is 18.5. The van der Waals surface area contributed by atoms with Gasteiger partial charge >= 0.3 is 0 Å². The largest absolute Gasteiger partial charge is 0.361 e. The first-order valence-corrected chi connectivity index (χ1v) is 9.47. The van der Waals surface area contributed by atoms with Crippen LogP contribution in [0.4, 0.5) is 4.39 Å². The zero-order valence-corrected chi connectivity index (χ0v) is 15.6. The average molecular weight is 358 g/mol. The Morgan fingerprint density at radius 3 is 2.92 bits per heavy atom. The van der Waals surface area contributed by atoms with Gasteiger partial charge in [-0.2, -0.15) is 0 Å². The van der Waals surface area contributed by atoms with Gasteiger partial charge in [0.25, 0.3) is 0 Å². The molecule has 5 heteroatoms. The van der Waals surface area contributed by atoms with Gasteiger partial charge in [-0.3, -0.25) is 4.79 Å². The molecule has 0 radical (unpaired) electrons. The van der Waals surface area contributed by atoms with E-state index in [4.69, 9.17) is 4.52 Å². The van der Waals surface area contributed by atoms with E-state index in [2.05, 4.69) is 5.16 Å². The number of benzene rings is 1. The molecule has 1 aromatic carbocycles. The van der Waals surface area contributed by atoms with Crippen molar-refractivity contribution in [3.05, 3.63) is 52.7 Å². The van der Waals surface area contributed by atoms with Gasteiger partial charge < -0.3 is 9.42 Å². The van der Waals surface area contributed by atoms with Gasteiger partial charge in [-0.05, 0) is 69.6 Å². The third-order valence-electron chi connectivity index (χ3n) is 5.37. The normalized spacial score (nSPS) is 17.5. The molecule has 0 bridgehead atoms. The second kappa shape index (κ2) is 8.47. The number of hydrogen-bond donors (Lipinski definition) is 0. The third kappa shape index (κ3) is 4.71. The molecule has 1 aliphatic rings. The summed E-state index contributed by atoms with van der Waals surface area (Å²) >= 11 is 0. The quantitative estimate of drug-likeness (QED) is 0.776. The molecule has 1 saturated heterocycles. The Bertz CT molecular complexity index is 737. The Kier molecular flexibility index (Phi) is 6.07. The first kappa shape index (κ1) is 18.6. The van der Waals surface area contributed by atoms with Crippen molar-refractivity contribution in [1.29, 1.82) is 0 Å². The molecule has 0 unspecified atom stereocenters. The predicted octanol–water partition coefficient (Wildman–Crippen LogP) is 4.23. The van der Waals surface area contributed by atoms with E-state index in [9.17, 15) is 9.18 Å². The molecule has 1 atom stereocenters. The van der Waals surface area contributed by atoms with Gasteiger partial charge in [0, 0.05) is 25.1 Å². The summed E-state index contributed by atoms with van der Waals surface area (Å²) in [5.41, 5.74) is 2.96. The Hall–Kier alpha value is -2.17. The minimum Gasteiger partial charge on any atom is -0.361 e. The predicted molar refractivity (Wildman–Crippen MR) is 98.3 cm³/mol. The van der Waals surface area contributed by atoms with Crippen LogP contribution in [0.3, 0.4) is 0 Å². The molecule has 1 aliphatic heterocycles. The fraction of sp³-hybridized carbons (Fsp3) is 0.524. The highest BCUT2D eigenvalue weighted by Gasteiger charge is 2.24. The molecule has 2 aromatic rings. The van der Waals surface area contributed by atoms with Crippen molar-refractivity contribution < 1.29 is 13.7 Å². The maximum Gasteiger partial charge on any atom is 0.222 e. The van der Waals surface area contributed by atoms with Crippen molar-refractivity contribution in [1.82, 2.24) is 10.1 Å². The molecule has 3 rings (SSSR count). The molecule has 26 heavy (non-hydrogen) atoms. The number of carbonyl (C=O) groups excluding carboxylic acids is 1. The molecular formula is C21H27FN2O2. The number of amides is 1. The number of carbonyl (C=O) groups is 1. The number of hydrogen-bond acceptors (Lipinski definition) is 3. The molecule has 0 spiro atoms. The van der Waals surface area contributed by atoms with Gasteiger partial charge in [-0.1, -0.05) is 17.3 Å². The lowest BCUT2D eigenvalue weighted by Crippen LogP contribution is -2.40. The molecule has 0 saturated carbocycles. The van der Waals surface area contributed by atoms with Gasteiger partial charge in [0.05, 0.1) is 5.69 Å². The molecule has 0 aliphatic carbocycles. The van der Waals surface area contributed by atoms with Gasteiger partial charge in [0.15, 0.2) is 0 Å². The lowest BCUT2D eigenvalue weighted by Gasteiger charge is -2.33. The fourth-order valence-corrected chi connectivity index (χ4v) is 3.84. The molecule has 4 nitrogen and oxygen atoms in total. The second-order valence-electron chi connectivity index (χ2n) is 7.32. The van der Waals surface area contributed by atoms with Crippen LogP contribution in [0.5, 0.6) is 0 Å². The molecule has 140 valence electrons. The van der Waals surface area contributed by atoms with E-state index in [1.807, 2.05) is 24.8 Å². The number of aromatic nitrogens is 1. The minimum atomic E-state index is -0.178. The van der Waals surface area contributed by atoms with Crippen molar-refractivity contribution in [2.45, 2.75) is 52.4 Å². The Morgan fingerprint density at radius 1 is 1.35 bits per heavy atom. The standard InChI is InChI=1S/C21H27FN2O2/c1-15-20(16(2)26-23-15)10-11-21(25)24-12-4-6-18(14-24)9-8-17-5-3-7-19(22)13-17/h3,5,7,13,18H,4,6,8-12,14H2,1-2H3/t18-/m1/s1. The van der Waals surface area contributed by atoms with Crippen molar-refractivity contribution >= 4 is 5.91 Å². The summed E-state index contributed by atoms with van der Waals surface area (Å²) in [5.74, 6) is 1.33. The summed E-state index contributed by atoms with van der Waals surface area (Å²) in [7, 11) is 0. The lowest BCUT2D eigenvalue weighted by atomic mass is 9.91. The Morgan fingerprint density at radius 2 is 2.19 bits per heavy atom. The van der Waals surface area contributed by atoms with Gasteiger partial charge in [-0.25, -0.2) is 4.39 Å². The molecule has 0 N–H and O–H groups in total. The van der Waals surface area contributed by atoms with Crippen molar-refractivity contribution in [3.63, 3.8) is 0 Å². The van der Waals surface area contributed by atoms with Crippen LogP contribution in [0.2, 0.25) is 0 Å². The van der Waals surface area contributed by atoms with Crippen LogP contribution in [-0.4, -0.2) is 29.1 Å². The summed E-state index contributed by atoms with van der Waals surface area (Å²) in [6, 6.07) is 6.81. The molecular weight excluding hydrogens is 331 g/mol. The highest BCUT2D eigenvalue weighted by atomic mass is 19.1. The van der Waals surface area contributed by atoms with Crippen LogP contribution in [0, 0.1) is 25.6 Å². The third-order valence-corrected chi connectivity index (χ3v) is 5.37. The van der Waals surface area contributed by atoms with Gasteiger partial charge in [0.2, 0.25) is 5.91 Å². The number of rotatable bonds is 6. The number of piperidine rings is 1. The molecule has 2 heterocycles. The smallest absolute Gasteiger partial charge is 0.222 e. The summed E-state index contributed by atoms with van der Waals surface area (Å²) < 4.78 is 18.5. The molecule has 1 amide bonds. The zero-order valence-electron chi connectivity index (χ0n) is 15.6. The van der Waals surface area contributed by atoms with Crippen LogP contribution < -0.4 is 0 Å². The van der Waals surface area contributed by atoms with E-state index >= 15 is 0 Å². The number of likely N-dealkylation sites (tertiary alicyclic amines) is 1. The lowest BCUT2D eigenvalue weighted by molar-refractivity contribution is -0.133. The van der Waals surface area contributed by atoms with Crippen LogP contribution >= 0.6 is 0 Å². The summed E-state index contributed by atoms with van der Waals surface area (Å²) in [4.78, 5) is 14.6. The second-order valence-corrected chi connectivity index (χ2v) is 7.32. The highest BCUT2D eigenvalue weighted by molar-refractivity contribution is 5.76. The monoisotopic (exact) mass is 358 g/mol. The first-order valence-electron chi connectivity index (χ1n) is 9.47. The highest BCUT2D eigenvalue weighted by Crippen LogP contribution is 2.23. The van der Waals surface area contributed by atoms with E-state index in [0.717, 1.165) is 61.4 Å². The van der Waals surface area contributed by atoms with E-state index in [1.165, 1.54) is 6.07 Å². The van der Waals surface area contributed by atoms with Gasteiger partial charge in [-0.15, -0.1) is 0 Å². The van der Waals surface area contributed by atoms with Crippen LogP contribution in [-0.2, 0) is 17.6 Å². The van der Waals surface area contributed by atoms with Crippen LogP contribution in [0.25, 0.3) is 0 Å². The van der Waals surface area contributed by atoms with Crippen molar-refractivity contribution in [2.24, 2.45) is 5.92 Å². The van der Waals surface area contributed by atoms with Crippen molar-refractivity contribution in [3.8, 4) is 0 Å². The summed E-state index contributed by atoms with van der Waals surface area (Å²) in [5, 5.41) is 3.95.